The minimum Gasteiger partial charge on any atom is -0.344 e. The Hall–Kier alpha value is -1.17. The first kappa shape index (κ1) is 15.7. The highest BCUT2D eigenvalue weighted by Gasteiger charge is 2.20. The van der Waals surface area contributed by atoms with Crippen molar-refractivity contribution in [1.29, 1.82) is 0 Å². The van der Waals surface area contributed by atoms with Gasteiger partial charge in [0, 0.05) is 55.2 Å². The lowest BCUT2D eigenvalue weighted by Gasteiger charge is -2.34. The van der Waals surface area contributed by atoms with Gasteiger partial charge in [-0.3, -0.25) is 4.90 Å². The van der Waals surface area contributed by atoms with Gasteiger partial charge in [0.25, 0.3) is 0 Å². The number of benzene rings is 1. The van der Waals surface area contributed by atoms with E-state index in [0.717, 1.165) is 48.7 Å². The molecule has 2 aromatic rings. The van der Waals surface area contributed by atoms with Crippen LogP contribution < -0.4 is 4.90 Å². The maximum atomic E-state index is 6.05. The first-order valence-corrected chi connectivity index (χ1v) is 8.82. The van der Waals surface area contributed by atoms with Crippen LogP contribution >= 0.6 is 23.1 Å². The summed E-state index contributed by atoms with van der Waals surface area (Å²) < 4.78 is 4.45. The third-order valence-corrected chi connectivity index (χ3v) is 4.91. The van der Waals surface area contributed by atoms with Crippen molar-refractivity contribution in [2.75, 3.05) is 31.1 Å². The van der Waals surface area contributed by atoms with E-state index in [4.69, 9.17) is 11.6 Å². The standard InChI is InChI=1S/C16H21ClN4S/c1-12(2)15-18-16(22-19-15)21-8-6-20(7-9-21)11-13-4-3-5-14(17)10-13/h3-5,10,12H,6-9,11H2,1-2H3. The molecule has 4 nitrogen and oxygen atoms in total. The summed E-state index contributed by atoms with van der Waals surface area (Å²) in [6, 6.07) is 8.12. The lowest BCUT2D eigenvalue weighted by atomic mass is 10.2. The van der Waals surface area contributed by atoms with Gasteiger partial charge in [-0.05, 0) is 17.7 Å². The average molecular weight is 337 g/mol. The monoisotopic (exact) mass is 336 g/mol. The van der Waals surface area contributed by atoms with E-state index in [1.165, 1.54) is 17.1 Å². The summed E-state index contributed by atoms with van der Waals surface area (Å²) in [5.41, 5.74) is 1.28. The maximum Gasteiger partial charge on any atom is 0.205 e. The second-order valence-electron chi connectivity index (χ2n) is 5.98. The van der Waals surface area contributed by atoms with Gasteiger partial charge in [-0.25, -0.2) is 4.98 Å². The molecule has 2 heterocycles. The highest BCUT2D eigenvalue weighted by Crippen LogP contribution is 2.23. The summed E-state index contributed by atoms with van der Waals surface area (Å²) >= 11 is 7.57. The molecule has 6 heteroatoms. The van der Waals surface area contributed by atoms with E-state index in [1.54, 1.807) is 0 Å². The molecule has 0 spiro atoms. The zero-order valence-corrected chi connectivity index (χ0v) is 14.6. The summed E-state index contributed by atoms with van der Waals surface area (Å²) in [6.45, 7) is 9.33. The minimum atomic E-state index is 0.397. The zero-order valence-electron chi connectivity index (χ0n) is 13.0. The van der Waals surface area contributed by atoms with E-state index < -0.39 is 0 Å². The number of hydrogen-bond donors (Lipinski definition) is 0. The van der Waals surface area contributed by atoms with Gasteiger partial charge in [-0.2, -0.15) is 4.37 Å². The van der Waals surface area contributed by atoms with E-state index in [9.17, 15) is 0 Å². The van der Waals surface area contributed by atoms with Crippen LogP contribution in [0, 0.1) is 0 Å². The van der Waals surface area contributed by atoms with Crippen LogP contribution in [0.15, 0.2) is 24.3 Å². The van der Waals surface area contributed by atoms with Crippen molar-refractivity contribution in [3.8, 4) is 0 Å². The van der Waals surface area contributed by atoms with E-state index in [1.807, 2.05) is 18.2 Å². The molecule has 1 aromatic heterocycles. The van der Waals surface area contributed by atoms with E-state index >= 15 is 0 Å². The normalized spacial score (nSPS) is 16.5. The van der Waals surface area contributed by atoms with Gasteiger partial charge in [-0.1, -0.05) is 37.6 Å². The fourth-order valence-electron chi connectivity index (χ4n) is 2.58. The number of piperazine rings is 1. The molecule has 0 atom stereocenters. The molecule has 0 radical (unpaired) electrons. The Kier molecular flexibility index (Phi) is 4.96. The van der Waals surface area contributed by atoms with Gasteiger partial charge in [-0.15, -0.1) is 0 Å². The highest BCUT2D eigenvalue weighted by molar-refractivity contribution is 7.09. The van der Waals surface area contributed by atoms with E-state index in [2.05, 4.69) is 39.1 Å². The minimum absolute atomic E-state index is 0.397. The van der Waals surface area contributed by atoms with Crippen molar-refractivity contribution >= 4 is 28.3 Å². The van der Waals surface area contributed by atoms with Crippen LogP contribution in [0.2, 0.25) is 5.02 Å². The van der Waals surface area contributed by atoms with Crippen LogP contribution in [0.25, 0.3) is 0 Å². The first-order chi connectivity index (χ1) is 10.6. The molecule has 0 saturated carbocycles. The highest BCUT2D eigenvalue weighted by atomic mass is 35.5. The number of nitrogens with zero attached hydrogens (tertiary/aromatic N) is 4. The molecule has 3 rings (SSSR count). The van der Waals surface area contributed by atoms with Crippen LogP contribution in [0.3, 0.4) is 0 Å². The Morgan fingerprint density at radius 3 is 2.64 bits per heavy atom. The molecule has 0 amide bonds. The number of anilines is 1. The number of halogens is 1. The van der Waals surface area contributed by atoms with Gasteiger partial charge >= 0.3 is 0 Å². The van der Waals surface area contributed by atoms with Gasteiger partial charge in [0.1, 0.15) is 5.82 Å². The number of hydrogen-bond acceptors (Lipinski definition) is 5. The Balaban J connectivity index is 1.55. The SMILES string of the molecule is CC(C)c1nsc(N2CCN(Cc3cccc(Cl)c3)CC2)n1. The van der Waals surface area contributed by atoms with Gasteiger partial charge in [0.05, 0.1) is 0 Å². The first-order valence-electron chi connectivity index (χ1n) is 7.67. The lowest BCUT2D eigenvalue weighted by molar-refractivity contribution is 0.250. The third kappa shape index (κ3) is 3.77. The fourth-order valence-corrected chi connectivity index (χ4v) is 3.65. The topological polar surface area (TPSA) is 32.3 Å². The van der Waals surface area contributed by atoms with Crippen LogP contribution in [-0.4, -0.2) is 40.4 Å². The van der Waals surface area contributed by atoms with E-state index in [0.29, 0.717) is 5.92 Å². The van der Waals surface area contributed by atoms with Crippen molar-refractivity contribution in [2.45, 2.75) is 26.3 Å². The molecular formula is C16H21ClN4S. The third-order valence-electron chi connectivity index (χ3n) is 3.89. The predicted molar refractivity (Wildman–Crippen MR) is 92.9 cm³/mol. The molecule has 0 unspecified atom stereocenters. The van der Waals surface area contributed by atoms with Gasteiger partial charge in [0.15, 0.2) is 0 Å². The lowest BCUT2D eigenvalue weighted by Crippen LogP contribution is -2.45. The van der Waals surface area contributed by atoms with Crippen LogP contribution in [-0.2, 0) is 6.54 Å². The summed E-state index contributed by atoms with van der Waals surface area (Å²) in [5.74, 6) is 1.36. The molecular weight excluding hydrogens is 316 g/mol. The Morgan fingerprint density at radius 1 is 1.23 bits per heavy atom. The van der Waals surface area contributed by atoms with Crippen LogP contribution in [0.4, 0.5) is 5.13 Å². The largest absolute Gasteiger partial charge is 0.344 e. The van der Waals surface area contributed by atoms with Crippen molar-refractivity contribution < 1.29 is 0 Å². The molecule has 0 aliphatic carbocycles. The van der Waals surface area contributed by atoms with Crippen molar-refractivity contribution in [3.63, 3.8) is 0 Å². The summed E-state index contributed by atoms with van der Waals surface area (Å²) in [5, 5.41) is 1.87. The average Bonchev–Trinajstić information content (AvgIpc) is 2.98. The number of aromatic nitrogens is 2. The summed E-state index contributed by atoms with van der Waals surface area (Å²) in [4.78, 5) is 9.46. The van der Waals surface area contributed by atoms with Gasteiger partial charge in [0.2, 0.25) is 5.13 Å². The smallest absolute Gasteiger partial charge is 0.205 e. The molecule has 22 heavy (non-hydrogen) atoms. The van der Waals surface area contributed by atoms with E-state index in [-0.39, 0.29) is 0 Å². The zero-order chi connectivity index (χ0) is 15.5. The van der Waals surface area contributed by atoms with Crippen molar-refractivity contribution in [1.82, 2.24) is 14.3 Å². The quantitative estimate of drug-likeness (QED) is 0.853. The Bertz CT molecular complexity index is 620. The molecule has 1 saturated heterocycles. The Labute approximate surface area is 140 Å². The molecule has 0 bridgehead atoms. The Morgan fingerprint density at radius 2 is 2.00 bits per heavy atom. The van der Waals surface area contributed by atoms with Crippen LogP contribution in [0.5, 0.6) is 0 Å². The second-order valence-corrected chi connectivity index (χ2v) is 7.15. The predicted octanol–water partition coefficient (Wildman–Crippen LogP) is 3.64. The molecule has 1 aliphatic rings. The molecule has 1 aliphatic heterocycles. The fraction of sp³-hybridized carbons (Fsp3) is 0.500. The van der Waals surface area contributed by atoms with Crippen LogP contribution in [0.1, 0.15) is 31.2 Å². The molecule has 1 fully saturated rings. The van der Waals surface area contributed by atoms with Crippen molar-refractivity contribution in [3.05, 3.63) is 40.7 Å². The number of rotatable bonds is 4. The molecule has 118 valence electrons. The second kappa shape index (κ2) is 6.94. The van der Waals surface area contributed by atoms with Crippen molar-refractivity contribution in [2.24, 2.45) is 0 Å². The maximum absolute atomic E-state index is 6.05. The van der Waals surface area contributed by atoms with Gasteiger partial charge < -0.3 is 4.90 Å². The molecule has 1 aromatic carbocycles. The summed E-state index contributed by atoms with van der Waals surface area (Å²) in [6.07, 6.45) is 0. The molecule has 0 N–H and O–H groups in total. The summed E-state index contributed by atoms with van der Waals surface area (Å²) in [7, 11) is 0.